The zero-order chi connectivity index (χ0) is 29.1. The third-order valence-corrected chi connectivity index (χ3v) is 10.4. The molecule has 221 valence electrons. The molecule has 0 saturated heterocycles. The summed E-state index contributed by atoms with van der Waals surface area (Å²) in [6.07, 6.45) is 10.5. The summed E-state index contributed by atoms with van der Waals surface area (Å²) < 4.78 is 6.41. The van der Waals surface area contributed by atoms with E-state index in [0.29, 0.717) is 5.92 Å². The van der Waals surface area contributed by atoms with E-state index in [4.69, 9.17) is 9.40 Å². The maximum Gasteiger partial charge on any atom is 0.120 e. The van der Waals surface area contributed by atoms with E-state index in [9.17, 15) is 0 Å². The summed E-state index contributed by atoms with van der Waals surface area (Å²) in [6.45, 7) is 9.15. The molecule has 1 aliphatic carbocycles. The van der Waals surface area contributed by atoms with Crippen molar-refractivity contribution in [1.29, 1.82) is 0 Å². The molecule has 0 bridgehead atoms. The zero-order valence-corrected chi connectivity index (χ0v) is 28.8. The molecule has 3 heterocycles. The van der Waals surface area contributed by atoms with Gasteiger partial charge in [0.15, 0.2) is 0 Å². The van der Waals surface area contributed by atoms with Gasteiger partial charge in [-0.3, -0.25) is 0 Å². The van der Waals surface area contributed by atoms with Crippen LogP contribution in [-0.2, 0) is 20.1 Å². The Hall–Kier alpha value is -3.37. The van der Waals surface area contributed by atoms with Crippen LogP contribution < -0.4 is 5.19 Å². The van der Waals surface area contributed by atoms with Crippen LogP contribution in [0.3, 0.4) is 0 Å². The van der Waals surface area contributed by atoms with Gasteiger partial charge < -0.3 is 14.4 Å². The molecule has 6 aromatic rings. The van der Waals surface area contributed by atoms with Crippen molar-refractivity contribution in [2.45, 2.75) is 64.6 Å². The minimum absolute atomic E-state index is 0. The van der Waals surface area contributed by atoms with Crippen molar-refractivity contribution in [1.82, 2.24) is 9.97 Å². The van der Waals surface area contributed by atoms with Crippen molar-refractivity contribution < 1.29 is 24.5 Å². The molecule has 43 heavy (non-hydrogen) atoms. The summed E-state index contributed by atoms with van der Waals surface area (Å²) in [4.78, 5) is 9.01. The van der Waals surface area contributed by atoms with Crippen LogP contribution in [0.2, 0.25) is 19.6 Å². The largest absolute Gasteiger partial charge is 0.501 e. The van der Waals surface area contributed by atoms with Gasteiger partial charge in [-0.25, -0.2) is 0 Å². The molecule has 0 amide bonds. The molecule has 0 unspecified atom stereocenters. The molecule has 0 N–H and O–H groups in total. The van der Waals surface area contributed by atoms with Crippen molar-refractivity contribution >= 4 is 35.2 Å². The molecule has 0 atom stereocenters. The summed E-state index contributed by atoms with van der Waals surface area (Å²) in [7, 11) is -1.38. The number of aryl methyl sites for hydroxylation is 1. The van der Waals surface area contributed by atoms with Gasteiger partial charge in [-0.05, 0) is 54.8 Å². The molecule has 1 saturated carbocycles. The number of benzene rings is 3. The summed E-state index contributed by atoms with van der Waals surface area (Å²) in [5, 5.41) is 3.76. The Labute approximate surface area is 270 Å². The standard InChI is InChI=1S/C26H28NOSi.C12H10N.Ir/c1-29(2,3)20-12-13-21-22-10-7-11-23(26(22)28-25(21)17-20)24-16-19(14-15-27-24)18-8-5-4-6-9-18;1-10-7-8-12(13-9-10)11-5-3-2-4-6-11;/h7,10,12-18H,4-6,8-9H2,1-3H3;2-5,7-9H,1H3;/q2*-1;. The van der Waals surface area contributed by atoms with Crippen molar-refractivity contribution in [3.63, 3.8) is 0 Å². The maximum atomic E-state index is 6.41. The predicted molar refractivity (Wildman–Crippen MR) is 178 cm³/mol. The van der Waals surface area contributed by atoms with Crippen LogP contribution >= 0.6 is 0 Å². The average Bonchev–Trinajstić information content (AvgIpc) is 3.41. The van der Waals surface area contributed by atoms with Crippen LogP contribution in [0.5, 0.6) is 0 Å². The van der Waals surface area contributed by atoms with E-state index in [-0.39, 0.29) is 20.1 Å². The fourth-order valence-corrected chi connectivity index (χ4v) is 7.00. The number of pyridine rings is 2. The first-order valence-corrected chi connectivity index (χ1v) is 18.6. The Morgan fingerprint density at radius 2 is 1.63 bits per heavy atom. The quantitative estimate of drug-likeness (QED) is 0.133. The van der Waals surface area contributed by atoms with E-state index in [1.165, 1.54) is 53.8 Å². The maximum absolute atomic E-state index is 6.41. The van der Waals surface area contributed by atoms with E-state index in [2.05, 4.69) is 79.2 Å². The van der Waals surface area contributed by atoms with Crippen LogP contribution in [-0.4, -0.2) is 18.0 Å². The first-order valence-electron chi connectivity index (χ1n) is 15.1. The molecule has 1 fully saturated rings. The second-order valence-electron chi connectivity index (χ2n) is 12.5. The Morgan fingerprint density at radius 1 is 0.791 bits per heavy atom. The number of nitrogens with zero attached hydrogens (tertiary/aromatic N) is 2. The normalized spacial score (nSPS) is 13.8. The Morgan fingerprint density at radius 3 is 2.35 bits per heavy atom. The van der Waals surface area contributed by atoms with E-state index in [1.54, 1.807) is 0 Å². The van der Waals surface area contributed by atoms with Crippen molar-refractivity contribution in [3.8, 4) is 22.5 Å². The molecule has 7 rings (SSSR count). The number of hydrogen-bond donors (Lipinski definition) is 0. The van der Waals surface area contributed by atoms with Crippen LogP contribution in [0.25, 0.3) is 44.5 Å². The molecular formula is C38H38IrN2OSi-2. The topological polar surface area (TPSA) is 38.9 Å². The van der Waals surface area contributed by atoms with Crippen LogP contribution in [0.1, 0.15) is 49.1 Å². The molecule has 0 spiro atoms. The SMILES string of the molecule is C[Si](C)(C)c1ccc2c(c1)oc1c(-c3cc(C4CCCCC4)ccn3)[c-]ccc12.Cc1ccc(-c2[c-]cccc2)nc1.[Ir]. The van der Waals surface area contributed by atoms with Gasteiger partial charge in [-0.15, -0.1) is 54.1 Å². The van der Waals surface area contributed by atoms with Crippen molar-refractivity contribution in [2.24, 2.45) is 0 Å². The van der Waals surface area contributed by atoms with E-state index in [1.807, 2.05) is 55.7 Å². The summed E-state index contributed by atoms with van der Waals surface area (Å²) in [5.74, 6) is 0.666. The Bertz CT molecular complexity index is 1800. The van der Waals surface area contributed by atoms with Crippen LogP contribution in [0.15, 0.2) is 95.7 Å². The third-order valence-electron chi connectivity index (χ3n) is 8.31. The molecule has 1 aliphatic rings. The minimum atomic E-state index is -1.38. The first kappa shape index (κ1) is 31.1. The molecule has 3 nitrogen and oxygen atoms in total. The van der Waals surface area contributed by atoms with E-state index < -0.39 is 8.07 Å². The molecule has 3 aromatic carbocycles. The molecular weight excluding hydrogens is 721 g/mol. The second kappa shape index (κ2) is 13.5. The molecule has 5 heteroatoms. The van der Waals surface area contributed by atoms with Crippen LogP contribution in [0, 0.1) is 19.1 Å². The number of rotatable bonds is 4. The van der Waals surface area contributed by atoms with Gasteiger partial charge in [0.1, 0.15) is 5.58 Å². The van der Waals surface area contributed by atoms with Crippen LogP contribution in [0.4, 0.5) is 0 Å². The Balaban J connectivity index is 0.000000221. The second-order valence-corrected chi connectivity index (χ2v) is 17.5. The summed E-state index contributed by atoms with van der Waals surface area (Å²) in [5.41, 5.74) is 8.45. The van der Waals surface area contributed by atoms with Crippen molar-refractivity contribution in [2.75, 3.05) is 0 Å². The third kappa shape index (κ3) is 7.07. The summed E-state index contributed by atoms with van der Waals surface area (Å²) in [6, 6.07) is 33.8. The van der Waals surface area contributed by atoms with Crippen molar-refractivity contribution in [3.05, 3.63) is 115 Å². The fourth-order valence-electron chi connectivity index (χ4n) is 5.85. The predicted octanol–water partition coefficient (Wildman–Crippen LogP) is 9.90. The zero-order valence-electron chi connectivity index (χ0n) is 25.4. The van der Waals surface area contributed by atoms with Gasteiger partial charge >= 0.3 is 0 Å². The first-order chi connectivity index (χ1) is 20.4. The minimum Gasteiger partial charge on any atom is -0.501 e. The number of fused-ring (bicyclic) bond motifs is 3. The Kier molecular flexibility index (Phi) is 9.76. The van der Waals surface area contributed by atoms with Gasteiger partial charge in [0.05, 0.1) is 13.7 Å². The van der Waals surface area contributed by atoms with Gasteiger partial charge in [0.2, 0.25) is 0 Å². The van der Waals surface area contributed by atoms with Gasteiger partial charge in [-0.1, -0.05) is 90.9 Å². The number of furan rings is 1. The van der Waals surface area contributed by atoms with Gasteiger partial charge in [-0.2, -0.15) is 0 Å². The monoisotopic (exact) mass is 759 g/mol. The number of aromatic nitrogens is 2. The molecule has 3 aromatic heterocycles. The van der Waals surface area contributed by atoms with E-state index >= 15 is 0 Å². The summed E-state index contributed by atoms with van der Waals surface area (Å²) >= 11 is 0. The molecule has 0 aliphatic heterocycles. The van der Waals surface area contributed by atoms with Gasteiger partial charge in [0.25, 0.3) is 0 Å². The van der Waals surface area contributed by atoms with E-state index in [0.717, 1.165) is 39.1 Å². The smallest absolute Gasteiger partial charge is 0.120 e. The fraction of sp³-hybridized carbons (Fsp3) is 0.263. The van der Waals surface area contributed by atoms with Gasteiger partial charge in [0, 0.05) is 37.9 Å². The average molecular weight is 759 g/mol. The number of hydrogen-bond acceptors (Lipinski definition) is 3. The molecule has 1 radical (unpaired) electrons.